The molecule has 0 aromatic heterocycles. The van der Waals surface area contributed by atoms with Gasteiger partial charge in [0.25, 0.3) is 0 Å². The highest BCUT2D eigenvalue weighted by Gasteiger charge is 2.23. The first-order valence-electron chi connectivity index (χ1n) is 7.91. The van der Waals surface area contributed by atoms with E-state index in [4.69, 9.17) is 0 Å². The van der Waals surface area contributed by atoms with Crippen LogP contribution in [0.25, 0.3) is 0 Å². The summed E-state index contributed by atoms with van der Waals surface area (Å²) in [5.41, 5.74) is 0.505. The van der Waals surface area contributed by atoms with Gasteiger partial charge in [0.15, 0.2) is 0 Å². The maximum Gasteiger partial charge on any atom is -0.0354 e. The van der Waals surface area contributed by atoms with Gasteiger partial charge in [-0.3, -0.25) is 0 Å². The molecular weight excluding hydrogens is 204 g/mol. The standard InChI is InChI=1S/C17H36/c1-7-9-13-16(17(4,5)6)14-11-10-12-15(3)8-2/h15-16H,7-14H2,1-6H3. The predicted molar refractivity (Wildman–Crippen MR) is 80.4 cm³/mol. The molecule has 0 rings (SSSR count). The van der Waals surface area contributed by atoms with Gasteiger partial charge in [-0.2, -0.15) is 0 Å². The van der Waals surface area contributed by atoms with Crippen LogP contribution in [-0.2, 0) is 0 Å². The summed E-state index contributed by atoms with van der Waals surface area (Å²) in [6, 6.07) is 0. The molecule has 0 saturated carbocycles. The Kier molecular flexibility index (Phi) is 9.00. The van der Waals surface area contributed by atoms with Gasteiger partial charge in [-0.1, -0.05) is 80.1 Å². The molecule has 0 fully saturated rings. The molecule has 0 aliphatic heterocycles. The van der Waals surface area contributed by atoms with Crippen molar-refractivity contribution in [3.05, 3.63) is 0 Å². The molecule has 2 unspecified atom stereocenters. The SMILES string of the molecule is CCCCC(CCCCC(C)CC)C(C)(C)C. The second-order valence-corrected chi connectivity index (χ2v) is 7.00. The summed E-state index contributed by atoms with van der Waals surface area (Å²) in [5, 5.41) is 0. The Bertz CT molecular complexity index is 163. The fourth-order valence-electron chi connectivity index (χ4n) is 2.55. The molecule has 0 aromatic carbocycles. The normalized spacial score (nSPS) is 15.9. The van der Waals surface area contributed by atoms with Crippen molar-refractivity contribution in [2.75, 3.05) is 0 Å². The Morgan fingerprint density at radius 2 is 1.35 bits per heavy atom. The first-order chi connectivity index (χ1) is 7.91. The van der Waals surface area contributed by atoms with Gasteiger partial charge in [0.05, 0.1) is 0 Å². The highest BCUT2D eigenvalue weighted by atomic mass is 14.3. The zero-order valence-electron chi connectivity index (χ0n) is 13.3. The average molecular weight is 240 g/mol. The number of hydrogen-bond donors (Lipinski definition) is 0. The van der Waals surface area contributed by atoms with Gasteiger partial charge in [0.1, 0.15) is 0 Å². The molecule has 0 N–H and O–H groups in total. The minimum Gasteiger partial charge on any atom is -0.0654 e. The third-order valence-corrected chi connectivity index (χ3v) is 4.33. The van der Waals surface area contributed by atoms with Gasteiger partial charge < -0.3 is 0 Å². The molecule has 17 heavy (non-hydrogen) atoms. The van der Waals surface area contributed by atoms with Gasteiger partial charge in [-0.25, -0.2) is 0 Å². The van der Waals surface area contributed by atoms with Crippen LogP contribution >= 0.6 is 0 Å². The molecule has 0 amide bonds. The zero-order valence-corrected chi connectivity index (χ0v) is 13.3. The van der Waals surface area contributed by atoms with Crippen LogP contribution in [-0.4, -0.2) is 0 Å². The summed E-state index contributed by atoms with van der Waals surface area (Å²) in [6.45, 7) is 14.3. The second kappa shape index (κ2) is 9.00. The molecule has 104 valence electrons. The molecule has 0 aromatic rings. The van der Waals surface area contributed by atoms with E-state index in [0.29, 0.717) is 5.41 Å². The lowest BCUT2D eigenvalue weighted by Crippen LogP contribution is -2.20. The molecule has 0 heterocycles. The van der Waals surface area contributed by atoms with Crippen molar-refractivity contribution in [1.82, 2.24) is 0 Å². The van der Waals surface area contributed by atoms with E-state index in [1.807, 2.05) is 0 Å². The first kappa shape index (κ1) is 17.0. The first-order valence-corrected chi connectivity index (χ1v) is 7.91. The summed E-state index contributed by atoms with van der Waals surface area (Å²) >= 11 is 0. The highest BCUT2D eigenvalue weighted by molar-refractivity contribution is 4.74. The summed E-state index contributed by atoms with van der Waals surface area (Å²) in [5.74, 6) is 1.86. The monoisotopic (exact) mass is 240 g/mol. The maximum atomic E-state index is 2.42. The molecule has 0 nitrogen and oxygen atoms in total. The van der Waals surface area contributed by atoms with Crippen LogP contribution in [0.3, 0.4) is 0 Å². The van der Waals surface area contributed by atoms with Gasteiger partial charge in [-0.05, 0) is 30.1 Å². The van der Waals surface area contributed by atoms with Crippen molar-refractivity contribution in [2.24, 2.45) is 17.3 Å². The van der Waals surface area contributed by atoms with Gasteiger partial charge >= 0.3 is 0 Å². The Morgan fingerprint density at radius 1 is 0.824 bits per heavy atom. The van der Waals surface area contributed by atoms with E-state index < -0.39 is 0 Å². The van der Waals surface area contributed by atoms with Crippen molar-refractivity contribution in [2.45, 2.75) is 92.9 Å². The molecule has 2 atom stereocenters. The van der Waals surface area contributed by atoms with Crippen LogP contribution in [0, 0.1) is 17.3 Å². The molecule has 0 saturated heterocycles. The van der Waals surface area contributed by atoms with Crippen LogP contribution in [0.15, 0.2) is 0 Å². The summed E-state index contributed by atoms with van der Waals surface area (Å²) in [4.78, 5) is 0. The Labute approximate surface area is 111 Å². The second-order valence-electron chi connectivity index (χ2n) is 7.00. The lowest BCUT2D eigenvalue weighted by molar-refractivity contribution is 0.201. The summed E-state index contributed by atoms with van der Waals surface area (Å²) in [7, 11) is 0. The lowest BCUT2D eigenvalue weighted by Gasteiger charge is -2.31. The van der Waals surface area contributed by atoms with Crippen LogP contribution < -0.4 is 0 Å². The van der Waals surface area contributed by atoms with Crippen LogP contribution in [0.5, 0.6) is 0 Å². The van der Waals surface area contributed by atoms with E-state index in [-0.39, 0.29) is 0 Å². The fourth-order valence-corrected chi connectivity index (χ4v) is 2.55. The minimum absolute atomic E-state index is 0.505. The van der Waals surface area contributed by atoms with Crippen LogP contribution in [0.2, 0.25) is 0 Å². The van der Waals surface area contributed by atoms with Crippen molar-refractivity contribution in [3.63, 3.8) is 0 Å². The highest BCUT2D eigenvalue weighted by Crippen LogP contribution is 2.34. The Morgan fingerprint density at radius 3 is 1.82 bits per heavy atom. The molecular formula is C17H36. The molecule has 0 spiro atoms. The molecule has 0 radical (unpaired) electrons. The Balaban J connectivity index is 3.84. The van der Waals surface area contributed by atoms with Gasteiger partial charge in [0, 0.05) is 0 Å². The van der Waals surface area contributed by atoms with Gasteiger partial charge in [-0.15, -0.1) is 0 Å². The van der Waals surface area contributed by atoms with Crippen molar-refractivity contribution >= 4 is 0 Å². The summed E-state index contributed by atoms with van der Waals surface area (Å²) in [6.07, 6.45) is 11.3. The van der Waals surface area contributed by atoms with E-state index in [0.717, 1.165) is 11.8 Å². The van der Waals surface area contributed by atoms with Crippen LogP contribution in [0.4, 0.5) is 0 Å². The maximum absolute atomic E-state index is 2.42. The molecule has 0 aliphatic carbocycles. The number of hydrogen-bond acceptors (Lipinski definition) is 0. The molecule has 0 heteroatoms. The van der Waals surface area contributed by atoms with Crippen molar-refractivity contribution < 1.29 is 0 Å². The van der Waals surface area contributed by atoms with Crippen molar-refractivity contribution in [1.29, 1.82) is 0 Å². The van der Waals surface area contributed by atoms with E-state index in [9.17, 15) is 0 Å². The largest absolute Gasteiger partial charge is 0.0654 e. The third kappa shape index (κ3) is 8.69. The quantitative estimate of drug-likeness (QED) is 0.406. The van der Waals surface area contributed by atoms with Gasteiger partial charge in [0.2, 0.25) is 0 Å². The van der Waals surface area contributed by atoms with E-state index in [1.54, 1.807) is 0 Å². The smallest absolute Gasteiger partial charge is 0.0354 e. The number of unbranched alkanes of at least 4 members (excludes halogenated alkanes) is 2. The topological polar surface area (TPSA) is 0 Å². The molecule has 0 bridgehead atoms. The summed E-state index contributed by atoms with van der Waals surface area (Å²) < 4.78 is 0. The van der Waals surface area contributed by atoms with Crippen molar-refractivity contribution in [3.8, 4) is 0 Å². The zero-order chi connectivity index (χ0) is 13.3. The van der Waals surface area contributed by atoms with E-state index in [1.165, 1.54) is 51.4 Å². The lowest BCUT2D eigenvalue weighted by atomic mass is 9.75. The van der Waals surface area contributed by atoms with E-state index >= 15 is 0 Å². The van der Waals surface area contributed by atoms with Crippen LogP contribution in [0.1, 0.15) is 92.9 Å². The fraction of sp³-hybridized carbons (Fsp3) is 1.00. The molecule has 0 aliphatic rings. The minimum atomic E-state index is 0.505. The van der Waals surface area contributed by atoms with E-state index in [2.05, 4.69) is 41.5 Å². The third-order valence-electron chi connectivity index (χ3n) is 4.33. The number of rotatable bonds is 9. The Hall–Kier alpha value is 0. The predicted octanol–water partition coefficient (Wildman–Crippen LogP) is 6.45. The average Bonchev–Trinajstić information content (AvgIpc) is 2.25.